The van der Waals surface area contributed by atoms with Gasteiger partial charge in [0.25, 0.3) is 0 Å². The van der Waals surface area contributed by atoms with Crippen molar-refractivity contribution in [2.75, 3.05) is 0 Å². The molecule has 0 unspecified atom stereocenters. The Balaban J connectivity index is 0.938. The fourth-order valence-corrected chi connectivity index (χ4v) is 11.1. The van der Waals surface area contributed by atoms with E-state index in [1.54, 1.807) is 11.3 Å². The van der Waals surface area contributed by atoms with E-state index in [1.807, 2.05) is 18.2 Å². The molecule has 0 atom stereocenters. The van der Waals surface area contributed by atoms with Crippen molar-refractivity contribution in [1.82, 2.24) is 15.0 Å². The summed E-state index contributed by atoms with van der Waals surface area (Å²) in [7, 11) is 0. The monoisotopic (exact) mass is 849 g/mol. The molecule has 0 N–H and O–H groups in total. The van der Waals surface area contributed by atoms with Gasteiger partial charge in [-0.25, -0.2) is 15.0 Å². The van der Waals surface area contributed by atoms with Crippen LogP contribution >= 0.6 is 11.3 Å². The molecule has 306 valence electrons. The highest BCUT2D eigenvalue weighted by atomic mass is 32.1. The fourth-order valence-electron chi connectivity index (χ4n) is 10.0. The summed E-state index contributed by atoms with van der Waals surface area (Å²) >= 11 is 1.81. The van der Waals surface area contributed by atoms with Gasteiger partial charge in [0.15, 0.2) is 17.5 Å². The van der Waals surface area contributed by atoms with Crippen LogP contribution in [0.25, 0.3) is 121 Å². The van der Waals surface area contributed by atoms with Crippen LogP contribution in [0.2, 0.25) is 0 Å². The van der Waals surface area contributed by atoms with Crippen LogP contribution in [-0.4, -0.2) is 15.0 Å². The summed E-state index contributed by atoms with van der Waals surface area (Å²) in [6, 6.07) is 71.4. The first-order valence-corrected chi connectivity index (χ1v) is 22.9. The number of aromatic nitrogens is 3. The Bertz CT molecular complexity index is 3860. The summed E-state index contributed by atoms with van der Waals surface area (Å²) < 4.78 is 9.08. The van der Waals surface area contributed by atoms with E-state index < -0.39 is 0 Å². The first kappa shape index (κ1) is 37.6. The SMILES string of the molecule is CC1(C)c2ccccc2-c2ccc(-c3cccc(-c4ccc5oc6cccc(-c7nc(-c8ccc(-c9ccccc9)cc8)nc(-c8ccc9sc%10ccccc%10c9c8)n7)c6c5c4)c3)cc21. The van der Waals surface area contributed by atoms with Gasteiger partial charge in [-0.1, -0.05) is 159 Å². The second-order valence-corrected chi connectivity index (χ2v) is 18.6. The van der Waals surface area contributed by atoms with E-state index in [0.29, 0.717) is 17.5 Å². The third kappa shape index (κ3) is 6.15. The lowest BCUT2D eigenvalue weighted by atomic mass is 9.81. The molecule has 0 saturated heterocycles. The molecule has 13 rings (SSSR count). The van der Waals surface area contributed by atoms with Crippen molar-refractivity contribution in [2.24, 2.45) is 0 Å². The molecule has 5 heteroatoms. The zero-order valence-electron chi connectivity index (χ0n) is 35.7. The van der Waals surface area contributed by atoms with Crippen LogP contribution in [0.3, 0.4) is 0 Å². The summed E-state index contributed by atoms with van der Waals surface area (Å²) in [5, 5.41) is 4.42. The van der Waals surface area contributed by atoms with Crippen LogP contribution in [0.15, 0.2) is 205 Å². The van der Waals surface area contributed by atoms with E-state index in [0.717, 1.165) is 60.9 Å². The lowest BCUT2D eigenvalue weighted by Crippen LogP contribution is -2.14. The van der Waals surface area contributed by atoms with Gasteiger partial charge in [-0.05, 0) is 110 Å². The predicted molar refractivity (Wildman–Crippen MR) is 270 cm³/mol. The molecule has 65 heavy (non-hydrogen) atoms. The third-order valence-electron chi connectivity index (χ3n) is 13.4. The number of rotatable bonds is 6. The molecule has 0 spiro atoms. The number of furan rings is 1. The molecule has 0 saturated carbocycles. The number of thiophene rings is 1. The molecule has 0 aliphatic heterocycles. The summed E-state index contributed by atoms with van der Waals surface area (Å²) in [5.41, 5.74) is 16.6. The molecule has 0 bridgehead atoms. The minimum Gasteiger partial charge on any atom is -0.456 e. The molecular formula is C60H39N3OS. The Hall–Kier alpha value is -7.99. The molecular weight excluding hydrogens is 811 g/mol. The molecule has 3 heterocycles. The molecule has 1 aliphatic carbocycles. The molecule has 4 nitrogen and oxygen atoms in total. The topological polar surface area (TPSA) is 51.8 Å². The van der Waals surface area contributed by atoms with Gasteiger partial charge in [-0.3, -0.25) is 0 Å². The minimum atomic E-state index is -0.0653. The maximum atomic E-state index is 6.58. The van der Waals surface area contributed by atoms with Crippen LogP contribution in [-0.2, 0) is 5.41 Å². The number of hydrogen-bond acceptors (Lipinski definition) is 5. The second kappa shape index (κ2) is 14.5. The van der Waals surface area contributed by atoms with E-state index in [9.17, 15) is 0 Å². The van der Waals surface area contributed by atoms with Gasteiger partial charge in [-0.15, -0.1) is 11.3 Å². The van der Waals surface area contributed by atoms with Crippen molar-refractivity contribution in [3.63, 3.8) is 0 Å². The van der Waals surface area contributed by atoms with Gasteiger partial charge >= 0.3 is 0 Å². The Morgan fingerprint density at radius 3 is 1.78 bits per heavy atom. The third-order valence-corrected chi connectivity index (χ3v) is 14.5. The maximum Gasteiger partial charge on any atom is 0.164 e. The van der Waals surface area contributed by atoms with Crippen molar-refractivity contribution in [2.45, 2.75) is 19.3 Å². The fraction of sp³-hybridized carbons (Fsp3) is 0.0500. The lowest BCUT2D eigenvalue weighted by Gasteiger charge is -2.22. The summed E-state index contributed by atoms with van der Waals surface area (Å²) in [6.07, 6.45) is 0. The highest BCUT2D eigenvalue weighted by Crippen LogP contribution is 2.50. The van der Waals surface area contributed by atoms with Crippen LogP contribution in [0, 0.1) is 0 Å². The first-order chi connectivity index (χ1) is 31.9. The quantitative estimate of drug-likeness (QED) is 0.167. The largest absolute Gasteiger partial charge is 0.456 e. The van der Waals surface area contributed by atoms with E-state index in [4.69, 9.17) is 19.4 Å². The summed E-state index contributed by atoms with van der Waals surface area (Å²) in [6.45, 7) is 4.67. The Labute approximate surface area is 380 Å². The Morgan fingerprint density at radius 1 is 0.354 bits per heavy atom. The average Bonchev–Trinajstić information content (AvgIpc) is 4.01. The van der Waals surface area contributed by atoms with Crippen LogP contribution in [0.5, 0.6) is 0 Å². The van der Waals surface area contributed by atoms with Gasteiger partial charge < -0.3 is 4.42 Å². The second-order valence-electron chi connectivity index (χ2n) is 17.6. The van der Waals surface area contributed by atoms with E-state index in [1.165, 1.54) is 53.6 Å². The van der Waals surface area contributed by atoms with Gasteiger partial charge in [0.1, 0.15) is 11.2 Å². The molecule has 0 radical (unpaired) electrons. The van der Waals surface area contributed by atoms with Crippen molar-refractivity contribution < 1.29 is 4.42 Å². The smallest absolute Gasteiger partial charge is 0.164 e. The van der Waals surface area contributed by atoms with Gasteiger partial charge in [0.2, 0.25) is 0 Å². The van der Waals surface area contributed by atoms with Crippen molar-refractivity contribution in [3.8, 4) is 78.7 Å². The zero-order chi connectivity index (χ0) is 43.2. The lowest BCUT2D eigenvalue weighted by molar-refractivity contribution is 0.660. The predicted octanol–water partition coefficient (Wildman–Crippen LogP) is 16.4. The highest BCUT2D eigenvalue weighted by molar-refractivity contribution is 7.25. The number of fused-ring (bicyclic) bond motifs is 9. The van der Waals surface area contributed by atoms with Crippen molar-refractivity contribution >= 4 is 53.4 Å². The standard InChI is InChI=1S/C60H39N3OS/c1-60(2)50-19-8-6-16-44(50)45-29-26-42(35-51(45)60)40-15-10-14-39(32-40)41-27-30-52-49(33-41)56-47(18-11-20-53(56)64-52)59-62-57(38-24-22-37(23-25-38)36-12-4-3-5-13-36)61-58(63-59)43-28-31-55-48(34-43)46-17-7-9-21-54(46)65-55/h3-35H,1-2H3. The molecule has 12 aromatic rings. The molecule has 9 aromatic carbocycles. The minimum absolute atomic E-state index is 0.0653. The number of hydrogen-bond donors (Lipinski definition) is 0. The van der Waals surface area contributed by atoms with Crippen molar-refractivity contribution in [3.05, 3.63) is 211 Å². The number of nitrogens with zero attached hydrogens (tertiary/aromatic N) is 3. The van der Waals surface area contributed by atoms with E-state index >= 15 is 0 Å². The van der Waals surface area contributed by atoms with Crippen molar-refractivity contribution in [1.29, 1.82) is 0 Å². The van der Waals surface area contributed by atoms with Gasteiger partial charge in [0, 0.05) is 53.1 Å². The first-order valence-electron chi connectivity index (χ1n) is 22.1. The molecule has 0 amide bonds. The molecule has 3 aromatic heterocycles. The van der Waals surface area contributed by atoms with Gasteiger partial charge in [0.05, 0.1) is 0 Å². The average molecular weight is 850 g/mol. The Kier molecular flexibility index (Phi) is 8.39. The number of benzene rings is 9. The zero-order valence-corrected chi connectivity index (χ0v) is 36.5. The van der Waals surface area contributed by atoms with Crippen LogP contribution in [0.1, 0.15) is 25.0 Å². The maximum absolute atomic E-state index is 6.58. The van der Waals surface area contributed by atoms with E-state index in [-0.39, 0.29) is 5.41 Å². The summed E-state index contributed by atoms with van der Waals surface area (Å²) in [5.74, 6) is 1.83. The Morgan fingerprint density at radius 2 is 0.923 bits per heavy atom. The van der Waals surface area contributed by atoms with E-state index in [2.05, 4.69) is 196 Å². The van der Waals surface area contributed by atoms with Gasteiger partial charge in [-0.2, -0.15) is 0 Å². The normalized spacial score (nSPS) is 12.9. The highest BCUT2D eigenvalue weighted by Gasteiger charge is 2.35. The van der Waals surface area contributed by atoms with Crippen LogP contribution < -0.4 is 0 Å². The van der Waals surface area contributed by atoms with Crippen LogP contribution in [0.4, 0.5) is 0 Å². The molecule has 1 aliphatic rings. The summed E-state index contributed by atoms with van der Waals surface area (Å²) in [4.78, 5) is 15.7. The molecule has 0 fully saturated rings.